The molecule has 5 nitrogen and oxygen atoms in total. The molecule has 1 aromatic rings. The first-order chi connectivity index (χ1) is 13.4. The maximum atomic E-state index is 8.71. The number of nitrogens with zero attached hydrogens (tertiary/aromatic N) is 2. The third-order valence-corrected chi connectivity index (χ3v) is 5.57. The molecule has 1 aromatic carbocycles. The van der Waals surface area contributed by atoms with E-state index in [0.29, 0.717) is 6.04 Å². The monoisotopic (exact) mass is 392 g/mol. The van der Waals surface area contributed by atoms with Gasteiger partial charge in [-0.25, -0.2) is 0 Å². The fourth-order valence-electron chi connectivity index (χ4n) is 3.46. The molecule has 2 rings (SSSR count). The van der Waals surface area contributed by atoms with Crippen LogP contribution < -0.4 is 11.5 Å². The summed E-state index contributed by atoms with van der Waals surface area (Å²) >= 11 is 0. The van der Waals surface area contributed by atoms with Gasteiger partial charge in [-0.05, 0) is 88.8 Å². The van der Waals surface area contributed by atoms with E-state index in [1.165, 1.54) is 38.0 Å². The van der Waals surface area contributed by atoms with Crippen molar-refractivity contribution in [1.82, 2.24) is 9.80 Å². The van der Waals surface area contributed by atoms with Crippen molar-refractivity contribution in [3.63, 3.8) is 0 Å². The Morgan fingerprint density at radius 3 is 2.36 bits per heavy atom. The molecule has 1 atom stereocenters. The van der Waals surface area contributed by atoms with Crippen LogP contribution in [0.1, 0.15) is 52.0 Å². The van der Waals surface area contributed by atoms with Crippen molar-refractivity contribution in [2.45, 2.75) is 58.9 Å². The second-order valence-corrected chi connectivity index (χ2v) is 8.29. The summed E-state index contributed by atoms with van der Waals surface area (Å²) in [6.07, 6.45) is 6.07. The van der Waals surface area contributed by atoms with Crippen LogP contribution in [-0.2, 0) is 6.42 Å². The maximum Gasteiger partial charge on any atom is 0.0558 e. The molecule has 0 bridgehead atoms. The van der Waals surface area contributed by atoms with Crippen molar-refractivity contribution in [1.29, 1.82) is 0 Å². The Morgan fingerprint density at radius 1 is 1.18 bits per heavy atom. The Morgan fingerprint density at radius 2 is 1.82 bits per heavy atom. The summed E-state index contributed by atoms with van der Waals surface area (Å²) in [6, 6.07) is 8.57. The summed E-state index contributed by atoms with van der Waals surface area (Å²) in [5, 5.41) is 8.71. The molecule has 0 saturated carbocycles. The molecule has 0 aliphatic carbocycles. The van der Waals surface area contributed by atoms with Crippen LogP contribution in [0.4, 0.5) is 5.69 Å². The second kappa shape index (κ2) is 14.8. The molecule has 162 valence electrons. The lowest BCUT2D eigenvalue weighted by molar-refractivity contribution is 0.194. The van der Waals surface area contributed by atoms with Gasteiger partial charge < -0.3 is 26.4 Å². The van der Waals surface area contributed by atoms with E-state index in [4.69, 9.17) is 16.6 Å². The summed E-state index contributed by atoms with van der Waals surface area (Å²) in [5.74, 6) is 0.924. The van der Waals surface area contributed by atoms with Crippen molar-refractivity contribution in [2.75, 3.05) is 51.6 Å². The minimum Gasteiger partial charge on any atom is -0.399 e. The molecular weight excluding hydrogens is 348 g/mol. The molecular formula is C23H44N4O. The lowest BCUT2D eigenvalue weighted by atomic mass is 9.99. The number of nitrogen functional groups attached to an aromatic ring is 1. The Labute approximate surface area is 173 Å². The number of benzene rings is 1. The van der Waals surface area contributed by atoms with Crippen LogP contribution in [0.25, 0.3) is 0 Å². The van der Waals surface area contributed by atoms with Crippen LogP contribution in [0.2, 0.25) is 0 Å². The summed E-state index contributed by atoms with van der Waals surface area (Å²) < 4.78 is 0. The van der Waals surface area contributed by atoms with E-state index in [1.807, 2.05) is 19.1 Å². The van der Waals surface area contributed by atoms with Gasteiger partial charge in [0.15, 0.2) is 0 Å². The standard InChI is InChI=1S/C14H22N2.C9H22N2O/c1-12-6-9-16(10-7-12)11-8-13-2-4-14(15)5-3-13;1-3-11(7-8-12)6-4-5-9(2)10/h2-5,12H,6-11,15H2,1H3;9,12H,3-8,10H2,1-2H3. The van der Waals surface area contributed by atoms with Gasteiger partial charge in [0.2, 0.25) is 0 Å². The van der Waals surface area contributed by atoms with Gasteiger partial charge in [0.25, 0.3) is 0 Å². The van der Waals surface area contributed by atoms with Gasteiger partial charge in [-0.1, -0.05) is 26.0 Å². The minimum absolute atomic E-state index is 0.256. The third kappa shape index (κ3) is 11.6. The fraction of sp³-hybridized carbons (Fsp3) is 0.739. The van der Waals surface area contributed by atoms with E-state index in [-0.39, 0.29) is 6.61 Å². The highest BCUT2D eigenvalue weighted by atomic mass is 16.3. The number of aliphatic hydroxyl groups is 1. The molecule has 5 heteroatoms. The van der Waals surface area contributed by atoms with E-state index in [0.717, 1.165) is 50.5 Å². The molecule has 1 fully saturated rings. The zero-order valence-electron chi connectivity index (χ0n) is 18.4. The zero-order valence-corrected chi connectivity index (χ0v) is 18.4. The molecule has 28 heavy (non-hydrogen) atoms. The average Bonchev–Trinajstić information content (AvgIpc) is 2.68. The lowest BCUT2D eigenvalue weighted by Crippen LogP contribution is -2.34. The third-order valence-electron chi connectivity index (χ3n) is 5.57. The molecule has 1 aliphatic rings. The molecule has 1 unspecified atom stereocenters. The topological polar surface area (TPSA) is 78.8 Å². The number of hydrogen-bond acceptors (Lipinski definition) is 5. The Kier molecular flexibility index (Phi) is 13.2. The molecule has 1 aliphatic heterocycles. The summed E-state index contributed by atoms with van der Waals surface area (Å²) in [5.41, 5.74) is 13.5. The van der Waals surface area contributed by atoms with Crippen LogP contribution in [-0.4, -0.2) is 66.8 Å². The van der Waals surface area contributed by atoms with Gasteiger partial charge in [-0.15, -0.1) is 0 Å². The van der Waals surface area contributed by atoms with E-state index in [9.17, 15) is 0 Å². The van der Waals surface area contributed by atoms with Gasteiger partial charge in [0, 0.05) is 24.8 Å². The van der Waals surface area contributed by atoms with Crippen LogP contribution >= 0.6 is 0 Å². The van der Waals surface area contributed by atoms with E-state index in [1.54, 1.807) is 0 Å². The molecule has 5 N–H and O–H groups in total. The van der Waals surface area contributed by atoms with Crippen LogP contribution in [0.3, 0.4) is 0 Å². The molecule has 1 heterocycles. The highest BCUT2D eigenvalue weighted by Gasteiger charge is 2.14. The predicted octanol–water partition coefficient (Wildman–Crippen LogP) is 2.97. The van der Waals surface area contributed by atoms with Crippen molar-refractivity contribution in [2.24, 2.45) is 11.7 Å². The predicted molar refractivity (Wildman–Crippen MR) is 121 cm³/mol. The van der Waals surface area contributed by atoms with Crippen LogP contribution in [0, 0.1) is 5.92 Å². The largest absolute Gasteiger partial charge is 0.399 e. The first-order valence-corrected chi connectivity index (χ1v) is 11.1. The van der Waals surface area contributed by atoms with E-state index in [2.05, 4.69) is 35.8 Å². The number of likely N-dealkylation sites (N-methyl/N-ethyl adjacent to an activating group) is 1. The quantitative estimate of drug-likeness (QED) is 0.534. The second-order valence-electron chi connectivity index (χ2n) is 8.29. The molecule has 0 radical (unpaired) electrons. The Hall–Kier alpha value is -1.14. The highest BCUT2D eigenvalue weighted by molar-refractivity contribution is 5.39. The first-order valence-electron chi connectivity index (χ1n) is 11.1. The normalized spacial score (nSPS) is 16.6. The smallest absolute Gasteiger partial charge is 0.0558 e. The number of nitrogens with two attached hydrogens (primary N) is 2. The molecule has 0 amide bonds. The van der Waals surface area contributed by atoms with Gasteiger partial charge in [-0.3, -0.25) is 0 Å². The van der Waals surface area contributed by atoms with Crippen molar-refractivity contribution < 1.29 is 5.11 Å². The molecule has 0 spiro atoms. The fourth-order valence-corrected chi connectivity index (χ4v) is 3.46. The van der Waals surface area contributed by atoms with Crippen molar-refractivity contribution >= 4 is 5.69 Å². The summed E-state index contributed by atoms with van der Waals surface area (Å²) in [7, 11) is 0. The number of rotatable bonds is 10. The summed E-state index contributed by atoms with van der Waals surface area (Å²) in [4.78, 5) is 4.82. The van der Waals surface area contributed by atoms with Gasteiger partial charge in [0.1, 0.15) is 0 Å². The SMILES string of the molecule is CC1CCN(CCc2ccc(N)cc2)CC1.CCN(CCO)CCCC(C)N. The molecule has 1 saturated heterocycles. The number of likely N-dealkylation sites (tertiary alicyclic amines) is 1. The minimum atomic E-state index is 0.256. The van der Waals surface area contributed by atoms with E-state index < -0.39 is 0 Å². The van der Waals surface area contributed by atoms with Crippen LogP contribution in [0.15, 0.2) is 24.3 Å². The first kappa shape index (κ1) is 24.9. The Balaban J connectivity index is 0.000000295. The van der Waals surface area contributed by atoms with Gasteiger partial charge in [-0.2, -0.15) is 0 Å². The maximum absolute atomic E-state index is 8.71. The van der Waals surface area contributed by atoms with Crippen LogP contribution in [0.5, 0.6) is 0 Å². The number of piperidine rings is 1. The van der Waals surface area contributed by atoms with Crippen molar-refractivity contribution in [3.8, 4) is 0 Å². The van der Waals surface area contributed by atoms with Gasteiger partial charge in [0.05, 0.1) is 6.61 Å². The number of anilines is 1. The number of aliphatic hydroxyl groups excluding tert-OH is 1. The van der Waals surface area contributed by atoms with E-state index >= 15 is 0 Å². The zero-order chi connectivity index (χ0) is 20.8. The van der Waals surface area contributed by atoms with Gasteiger partial charge >= 0.3 is 0 Å². The lowest BCUT2D eigenvalue weighted by Gasteiger charge is -2.30. The molecule has 0 aromatic heterocycles. The number of hydrogen-bond donors (Lipinski definition) is 3. The Bertz CT molecular complexity index is 484. The van der Waals surface area contributed by atoms with Crippen molar-refractivity contribution in [3.05, 3.63) is 29.8 Å². The average molecular weight is 393 g/mol. The summed E-state index contributed by atoms with van der Waals surface area (Å²) in [6.45, 7) is 13.4. The highest BCUT2D eigenvalue weighted by Crippen LogP contribution is 2.16.